The third-order valence-electron chi connectivity index (χ3n) is 5.18. The second-order valence-electron chi connectivity index (χ2n) is 7.31. The number of piperidine rings is 1. The molecule has 30 heavy (non-hydrogen) atoms. The molecule has 2 aromatic carbocycles. The van der Waals surface area contributed by atoms with Crippen LogP contribution in [-0.2, 0) is 11.0 Å². The highest BCUT2D eigenvalue weighted by molar-refractivity contribution is 6.30. The van der Waals surface area contributed by atoms with Gasteiger partial charge in [0.2, 0.25) is 5.91 Å². The van der Waals surface area contributed by atoms with Crippen LogP contribution in [0.15, 0.2) is 46.9 Å². The number of hydrogen-bond donors (Lipinski definition) is 1. The molecule has 5 nitrogen and oxygen atoms in total. The monoisotopic (exact) mass is 437 g/mol. The average molecular weight is 438 g/mol. The third-order valence-corrected chi connectivity index (χ3v) is 5.41. The second kappa shape index (κ2) is 8.28. The Morgan fingerprint density at radius 3 is 2.63 bits per heavy atom. The van der Waals surface area contributed by atoms with Crippen LogP contribution in [0, 0.1) is 0 Å². The van der Waals surface area contributed by atoms with Crippen LogP contribution in [0.2, 0.25) is 5.02 Å². The van der Waals surface area contributed by atoms with Crippen molar-refractivity contribution in [2.24, 2.45) is 0 Å². The lowest BCUT2D eigenvalue weighted by atomic mass is 9.97. The van der Waals surface area contributed by atoms with Crippen LogP contribution < -0.4 is 5.32 Å². The third kappa shape index (κ3) is 4.60. The number of amides is 1. The molecule has 1 N–H and O–H groups in total. The highest BCUT2D eigenvalue weighted by Gasteiger charge is 2.34. The molecule has 1 aromatic heterocycles. The van der Waals surface area contributed by atoms with E-state index in [0.717, 1.165) is 30.0 Å². The lowest BCUT2D eigenvalue weighted by Gasteiger charge is -2.30. The number of likely N-dealkylation sites (tertiary alicyclic amines) is 1. The van der Waals surface area contributed by atoms with Crippen LogP contribution in [0.25, 0.3) is 11.1 Å². The molecule has 2 heterocycles. The summed E-state index contributed by atoms with van der Waals surface area (Å²) in [5.41, 5.74) is 0.312. The number of para-hydroxylation sites is 2. The number of aromatic nitrogens is 1. The van der Waals surface area contributed by atoms with Gasteiger partial charge in [0.1, 0.15) is 5.52 Å². The SMILES string of the molecule is O=C(CN1CCC(c2nc3ccccc3o2)CC1)Nc1ccc(Cl)cc1C(F)(F)F. The first-order valence-corrected chi connectivity index (χ1v) is 9.92. The molecular weight excluding hydrogens is 419 g/mol. The number of anilines is 1. The summed E-state index contributed by atoms with van der Waals surface area (Å²) < 4.78 is 45.4. The van der Waals surface area contributed by atoms with Crippen LogP contribution in [-0.4, -0.2) is 35.4 Å². The predicted octanol–water partition coefficient (Wildman–Crippen LogP) is 5.32. The van der Waals surface area contributed by atoms with Crippen molar-refractivity contribution in [1.29, 1.82) is 0 Å². The predicted molar refractivity (Wildman–Crippen MR) is 108 cm³/mol. The van der Waals surface area contributed by atoms with E-state index in [2.05, 4.69) is 10.3 Å². The number of rotatable bonds is 4. The summed E-state index contributed by atoms with van der Waals surface area (Å²) >= 11 is 5.67. The number of nitrogens with one attached hydrogen (secondary N) is 1. The molecule has 1 aliphatic heterocycles. The van der Waals surface area contributed by atoms with Gasteiger partial charge in [-0.1, -0.05) is 23.7 Å². The topological polar surface area (TPSA) is 58.4 Å². The Morgan fingerprint density at radius 2 is 1.93 bits per heavy atom. The molecule has 3 aromatic rings. The number of oxazole rings is 1. The fourth-order valence-electron chi connectivity index (χ4n) is 3.66. The van der Waals surface area contributed by atoms with Gasteiger partial charge in [0.05, 0.1) is 17.8 Å². The number of alkyl halides is 3. The fourth-order valence-corrected chi connectivity index (χ4v) is 3.83. The Bertz CT molecular complexity index is 1030. The first kappa shape index (κ1) is 20.7. The molecule has 1 fully saturated rings. The van der Waals surface area contributed by atoms with E-state index >= 15 is 0 Å². The molecule has 0 atom stereocenters. The zero-order chi connectivity index (χ0) is 21.3. The zero-order valence-corrected chi connectivity index (χ0v) is 16.6. The van der Waals surface area contributed by atoms with Gasteiger partial charge in [-0.15, -0.1) is 0 Å². The molecule has 4 rings (SSSR count). The van der Waals surface area contributed by atoms with E-state index in [-0.39, 0.29) is 23.2 Å². The van der Waals surface area contributed by atoms with Crippen LogP contribution in [0.4, 0.5) is 18.9 Å². The van der Waals surface area contributed by atoms with Gasteiger partial charge in [0, 0.05) is 10.9 Å². The van der Waals surface area contributed by atoms with E-state index < -0.39 is 17.6 Å². The summed E-state index contributed by atoms with van der Waals surface area (Å²) in [6.07, 6.45) is -3.09. The number of fused-ring (bicyclic) bond motifs is 1. The second-order valence-corrected chi connectivity index (χ2v) is 7.74. The maximum absolute atomic E-state index is 13.2. The molecule has 0 bridgehead atoms. The van der Waals surface area contributed by atoms with Gasteiger partial charge in [0.25, 0.3) is 0 Å². The molecule has 1 aliphatic rings. The number of hydrogen-bond acceptors (Lipinski definition) is 4. The van der Waals surface area contributed by atoms with E-state index in [4.69, 9.17) is 16.0 Å². The normalized spacial score (nSPS) is 16.1. The molecule has 1 saturated heterocycles. The number of halogens is 4. The summed E-state index contributed by atoms with van der Waals surface area (Å²) in [4.78, 5) is 18.8. The minimum Gasteiger partial charge on any atom is -0.440 e. The first-order chi connectivity index (χ1) is 14.3. The molecule has 9 heteroatoms. The van der Waals surface area contributed by atoms with Crippen LogP contribution >= 0.6 is 11.6 Å². The van der Waals surface area contributed by atoms with Gasteiger partial charge in [-0.05, 0) is 56.3 Å². The minimum atomic E-state index is -4.61. The lowest BCUT2D eigenvalue weighted by molar-refractivity contribution is -0.137. The van der Waals surface area contributed by atoms with E-state index in [1.807, 2.05) is 29.2 Å². The van der Waals surface area contributed by atoms with Crippen molar-refractivity contribution in [3.8, 4) is 0 Å². The number of nitrogens with zero attached hydrogens (tertiary/aromatic N) is 2. The van der Waals surface area contributed by atoms with Gasteiger partial charge in [-0.3, -0.25) is 9.69 Å². The van der Waals surface area contributed by atoms with E-state index in [9.17, 15) is 18.0 Å². The van der Waals surface area contributed by atoms with Crippen molar-refractivity contribution in [3.05, 3.63) is 58.9 Å². The maximum atomic E-state index is 13.2. The Morgan fingerprint density at radius 1 is 1.20 bits per heavy atom. The van der Waals surface area contributed by atoms with Crippen LogP contribution in [0.5, 0.6) is 0 Å². The van der Waals surface area contributed by atoms with Crippen molar-refractivity contribution in [2.75, 3.05) is 25.0 Å². The van der Waals surface area contributed by atoms with Gasteiger partial charge in [-0.2, -0.15) is 13.2 Å². The average Bonchev–Trinajstić information content (AvgIpc) is 3.13. The summed E-state index contributed by atoms with van der Waals surface area (Å²) in [6.45, 7) is 1.27. The zero-order valence-electron chi connectivity index (χ0n) is 15.9. The largest absolute Gasteiger partial charge is 0.440 e. The fraction of sp³-hybridized carbons (Fsp3) is 0.333. The van der Waals surface area contributed by atoms with Gasteiger partial charge >= 0.3 is 6.18 Å². The number of benzene rings is 2. The molecule has 0 unspecified atom stereocenters. The minimum absolute atomic E-state index is 0.0141. The maximum Gasteiger partial charge on any atom is 0.418 e. The van der Waals surface area contributed by atoms with Gasteiger partial charge in [-0.25, -0.2) is 4.98 Å². The van der Waals surface area contributed by atoms with Crippen molar-refractivity contribution >= 4 is 34.3 Å². The summed E-state index contributed by atoms with van der Waals surface area (Å²) in [5, 5.41) is 2.32. The smallest absolute Gasteiger partial charge is 0.418 e. The molecule has 1 amide bonds. The Hall–Kier alpha value is -2.58. The highest BCUT2D eigenvalue weighted by Crippen LogP contribution is 2.36. The van der Waals surface area contributed by atoms with Crippen LogP contribution in [0.3, 0.4) is 0 Å². The standard InChI is InChI=1S/C21H19ClF3N3O2/c22-14-5-6-16(15(11-14)21(23,24)25)26-19(29)12-28-9-7-13(8-10-28)20-27-17-3-1-2-4-18(17)30-20/h1-6,11,13H,7-10,12H2,(H,26,29). The summed E-state index contributed by atoms with van der Waals surface area (Å²) in [6, 6.07) is 10.9. The van der Waals surface area contributed by atoms with Crippen molar-refractivity contribution in [3.63, 3.8) is 0 Å². The molecule has 0 radical (unpaired) electrons. The van der Waals surface area contributed by atoms with Gasteiger partial charge in [0.15, 0.2) is 11.5 Å². The molecular formula is C21H19ClF3N3O2. The Balaban J connectivity index is 1.35. The van der Waals surface area contributed by atoms with E-state index in [1.54, 1.807) is 0 Å². The van der Waals surface area contributed by atoms with Crippen molar-refractivity contribution < 1.29 is 22.4 Å². The Labute approximate surface area is 175 Å². The van der Waals surface area contributed by atoms with E-state index in [1.165, 1.54) is 12.1 Å². The van der Waals surface area contributed by atoms with E-state index in [0.29, 0.717) is 19.0 Å². The van der Waals surface area contributed by atoms with Gasteiger partial charge < -0.3 is 9.73 Å². The van der Waals surface area contributed by atoms with Crippen molar-refractivity contribution in [2.45, 2.75) is 24.9 Å². The van der Waals surface area contributed by atoms with Crippen molar-refractivity contribution in [1.82, 2.24) is 9.88 Å². The molecule has 0 spiro atoms. The summed E-state index contributed by atoms with van der Waals surface area (Å²) in [5.74, 6) is 0.351. The molecule has 0 aliphatic carbocycles. The quantitative estimate of drug-likeness (QED) is 0.600. The lowest BCUT2D eigenvalue weighted by Crippen LogP contribution is -2.39. The number of carbonyl (C=O) groups is 1. The van der Waals surface area contributed by atoms with Crippen LogP contribution in [0.1, 0.15) is 30.2 Å². The molecule has 0 saturated carbocycles. The highest BCUT2D eigenvalue weighted by atomic mass is 35.5. The number of carbonyl (C=O) groups excluding carboxylic acids is 1. The first-order valence-electron chi connectivity index (χ1n) is 9.54. The Kier molecular flexibility index (Phi) is 5.71. The molecule has 158 valence electrons. The summed E-state index contributed by atoms with van der Waals surface area (Å²) in [7, 11) is 0.